The number of thiocarbonyl (C=S) groups is 1. The predicted octanol–water partition coefficient (Wildman–Crippen LogP) is 0.760. The first-order chi connectivity index (χ1) is 6.25. The van der Waals surface area contributed by atoms with E-state index in [1.165, 1.54) is 0 Å². The van der Waals surface area contributed by atoms with Crippen LogP contribution in [0.5, 0.6) is 0 Å². The summed E-state index contributed by atoms with van der Waals surface area (Å²) in [6.45, 7) is 0. The van der Waals surface area contributed by atoms with Gasteiger partial charge in [0.15, 0.2) is 0 Å². The predicted molar refractivity (Wildman–Crippen MR) is 55.2 cm³/mol. The van der Waals surface area contributed by atoms with Crippen molar-refractivity contribution < 1.29 is 4.79 Å². The molecule has 1 aromatic rings. The monoisotopic (exact) mass is 194 g/mol. The molecule has 3 nitrogen and oxygen atoms in total. The normalized spacial score (nSPS) is 11.7. The van der Waals surface area contributed by atoms with Gasteiger partial charge in [-0.05, 0) is 5.56 Å². The van der Waals surface area contributed by atoms with Crippen molar-refractivity contribution in [2.75, 3.05) is 0 Å². The van der Waals surface area contributed by atoms with Crippen LogP contribution in [0.2, 0.25) is 0 Å². The number of hydrogen-bond acceptors (Lipinski definition) is 2. The Hall–Kier alpha value is -1.42. The quantitative estimate of drug-likeness (QED) is 0.549. The van der Waals surface area contributed by atoms with Crippen LogP contribution in [-0.4, -0.2) is 11.4 Å². The van der Waals surface area contributed by atoms with Crippen molar-refractivity contribution in [2.45, 2.75) is 6.04 Å². The zero-order valence-electron chi connectivity index (χ0n) is 6.94. The number of carbonyl (C=O) groups is 1. The zero-order valence-corrected chi connectivity index (χ0v) is 7.75. The van der Waals surface area contributed by atoms with E-state index in [1.807, 2.05) is 30.3 Å². The number of amides is 1. The lowest BCUT2D eigenvalue weighted by atomic mass is 10.1. The molecule has 0 radical (unpaired) electrons. The molecule has 1 rings (SSSR count). The van der Waals surface area contributed by atoms with E-state index in [1.54, 1.807) is 0 Å². The fourth-order valence-corrected chi connectivity index (χ4v) is 1.26. The third-order valence-corrected chi connectivity index (χ3v) is 1.89. The van der Waals surface area contributed by atoms with Gasteiger partial charge in [0.2, 0.25) is 6.41 Å². The third kappa shape index (κ3) is 2.52. The molecule has 0 saturated carbocycles. The van der Waals surface area contributed by atoms with Crippen molar-refractivity contribution in [1.29, 1.82) is 0 Å². The van der Waals surface area contributed by atoms with Crippen LogP contribution in [0, 0.1) is 0 Å². The lowest BCUT2D eigenvalue weighted by molar-refractivity contribution is -0.109. The smallest absolute Gasteiger partial charge is 0.207 e. The lowest BCUT2D eigenvalue weighted by Crippen LogP contribution is -2.31. The molecule has 0 bridgehead atoms. The number of benzene rings is 1. The minimum atomic E-state index is -0.367. The molecule has 68 valence electrons. The molecule has 4 heteroatoms. The SMILES string of the molecule is NC(=S)C(NC=O)c1ccccc1. The van der Waals surface area contributed by atoms with Gasteiger partial charge < -0.3 is 11.1 Å². The highest BCUT2D eigenvalue weighted by Gasteiger charge is 2.11. The number of hydrogen-bond donors (Lipinski definition) is 2. The summed E-state index contributed by atoms with van der Waals surface area (Å²) in [7, 11) is 0. The molecule has 0 aromatic heterocycles. The first-order valence-electron chi connectivity index (χ1n) is 3.79. The number of carbonyl (C=O) groups excluding carboxylic acids is 1. The van der Waals surface area contributed by atoms with E-state index in [2.05, 4.69) is 5.32 Å². The second-order valence-corrected chi connectivity index (χ2v) is 3.00. The minimum Gasteiger partial charge on any atom is -0.391 e. The van der Waals surface area contributed by atoms with Crippen molar-refractivity contribution in [2.24, 2.45) is 5.73 Å². The van der Waals surface area contributed by atoms with Crippen LogP contribution in [-0.2, 0) is 4.79 Å². The maximum absolute atomic E-state index is 10.3. The molecule has 0 aliphatic heterocycles. The van der Waals surface area contributed by atoms with Gasteiger partial charge in [0.1, 0.15) is 11.0 Å². The highest BCUT2D eigenvalue weighted by molar-refractivity contribution is 7.80. The Labute approximate surface area is 81.9 Å². The Balaban J connectivity index is 2.88. The van der Waals surface area contributed by atoms with Gasteiger partial charge in [0.05, 0.1) is 0 Å². The Morgan fingerprint density at radius 1 is 1.46 bits per heavy atom. The van der Waals surface area contributed by atoms with Gasteiger partial charge in [-0.3, -0.25) is 4.79 Å². The van der Waals surface area contributed by atoms with Crippen LogP contribution in [0.3, 0.4) is 0 Å². The average Bonchev–Trinajstić information content (AvgIpc) is 2.15. The van der Waals surface area contributed by atoms with E-state index in [-0.39, 0.29) is 11.0 Å². The van der Waals surface area contributed by atoms with Crippen LogP contribution in [0.4, 0.5) is 0 Å². The highest BCUT2D eigenvalue weighted by atomic mass is 32.1. The van der Waals surface area contributed by atoms with Gasteiger partial charge in [-0.1, -0.05) is 42.5 Å². The first kappa shape index (κ1) is 9.67. The molecule has 1 unspecified atom stereocenters. The van der Waals surface area contributed by atoms with E-state index in [9.17, 15) is 4.79 Å². The summed E-state index contributed by atoms with van der Waals surface area (Å²) in [4.78, 5) is 10.5. The molecule has 1 atom stereocenters. The van der Waals surface area contributed by atoms with E-state index < -0.39 is 0 Å². The van der Waals surface area contributed by atoms with E-state index >= 15 is 0 Å². The molecule has 0 saturated heterocycles. The minimum absolute atomic E-state index is 0.262. The van der Waals surface area contributed by atoms with Crippen LogP contribution in [0.25, 0.3) is 0 Å². The lowest BCUT2D eigenvalue weighted by Gasteiger charge is -2.14. The average molecular weight is 194 g/mol. The Morgan fingerprint density at radius 2 is 2.08 bits per heavy atom. The fourth-order valence-electron chi connectivity index (χ4n) is 1.06. The summed E-state index contributed by atoms with van der Waals surface area (Å²) in [5.74, 6) is 0. The van der Waals surface area contributed by atoms with Crippen molar-refractivity contribution in [3.05, 3.63) is 35.9 Å². The maximum Gasteiger partial charge on any atom is 0.207 e. The summed E-state index contributed by atoms with van der Waals surface area (Å²) >= 11 is 4.82. The molecule has 1 aromatic carbocycles. The van der Waals surface area contributed by atoms with Gasteiger partial charge in [-0.25, -0.2) is 0 Å². The van der Waals surface area contributed by atoms with Crippen molar-refractivity contribution in [3.8, 4) is 0 Å². The van der Waals surface area contributed by atoms with Crippen LogP contribution in [0.1, 0.15) is 11.6 Å². The number of nitrogens with one attached hydrogen (secondary N) is 1. The number of nitrogens with two attached hydrogens (primary N) is 1. The standard InChI is InChI=1S/C9H10N2OS/c10-9(13)8(11-6-12)7-4-2-1-3-5-7/h1-6,8H,(H2,10,13)(H,11,12). The second-order valence-electron chi connectivity index (χ2n) is 2.53. The van der Waals surface area contributed by atoms with E-state index in [0.29, 0.717) is 6.41 Å². The highest BCUT2D eigenvalue weighted by Crippen LogP contribution is 2.11. The molecular formula is C9H10N2OS. The van der Waals surface area contributed by atoms with Gasteiger partial charge in [-0.15, -0.1) is 0 Å². The zero-order chi connectivity index (χ0) is 9.68. The second kappa shape index (κ2) is 4.57. The molecule has 0 fully saturated rings. The number of rotatable bonds is 4. The molecule has 1 amide bonds. The van der Waals surface area contributed by atoms with E-state index in [0.717, 1.165) is 5.56 Å². The summed E-state index contributed by atoms with van der Waals surface area (Å²) in [5.41, 5.74) is 6.36. The fraction of sp³-hybridized carbons (Fsp3) is 0.111. The summed E-state index contributed by atoms with van der Waals surface area (Å²) in [6.07, 6.45) is 0.594. The molecule has 3 N–H and O–H groups in total. The van der Waals surface area contributed by atoms with Crippen LogP contribution < -0.4 is 11.1 Å². The van der Waals surface area contributed by atoms with Gasteiger partial charge in [0, 0.05) is 0 Å². The summed E-state index contributed by atoms with van der Waals surface area (Å²) in [5, 5.41) is 2.55. The van der Waals surface area contributed by atoms with Crippen molar-refractivity contribution in [1.82, 2.24) is 5.32 Å². The third-order valence-electron chi connectivity index (χ3n) is 1.65. The van der Waals surface area contributed by atoms with Crippen LogP contribution >= 0.6 is 12.2 Å². The van der Waals surface area contributed by atoms with Crippen molar-refractivity contribution >= 4 is 23.6 Å². The Morgan fingerprint density at radius 3 is 2.54 bits per heavy atom. The summed E-state index contributed by atoms with van der Waals surface area (Å²) in [6, 6.07) is 8.98. The molecule has 0 heterocycles. The van der Waals surface area contributed by atoms with Gasteiger partial charge in [0.25, 0.3) is 0 Å². The maximum atomic E-state index is 10.3. The topological polar surface area (TPSA) is 55.1 Å². The Kier molecular flexibility index (Phi) is 3.40. The van der Waals surface area contributed by atoms with Crippen LogP contribution in [0.15, 0.2) is 30.3 Å². The van der Waals surface area contributed by atoms with Crippen molar-refractivity contribution in [3.63, 3.8) is 0 Å². The van der Waals surface area contributed by atoms with Gasteiger partial charge >= 0.3 is 0 Å². The molecule has 0 aliphatic rings. The largest absolute Gasteiger partial charge is 0.391 e. The van der Waals surface area contributed by atoms with Gasteiger partial charge in [-0.2, -0.15) is 0 Å². The molecule has 13 heavy (non-hydrogen) atoms. The molecule has 0 spiro atoms. The first-order valence-corrected chi connectivity index (χ1v) is 4.20. The molecular weight excluding hydrogens is 184 g/mol. The Bertz CT molecular complexity index is 300. The molecule has 0 aliphatic carbocycles. The summed E-state index contributed by atoms with van der Waals surface area (Å²) < 4.78 is 0. The van der Waals surface area contributed by atoms with E-state index in [4.69, 9.17) is 18.0 Å².